The van der Waals surface area contributed by atoms with Crippen molar-refractivity contribution < 1.29 is 24.6 Å². The lowest BCUT2D eigenvalue weighted by atomic mass is 10.0. The number of aliphatic hydroxyl groups excluding tert-OH is 1. The fourth-order valence-electron chi connectivity index (χ4n) is 4.30. The molecule has 0 saturated heterocycles. The Hall–Kier alpha value is -1.85. The minimum absolute atomic E-state index is 0.0483. The summed E-state index contributed by atoms with van der Waals surface area (Å²) >= 11 is 0. The van der Waals surface area contributed by atoms with Gasteiger partial charge in [-0.2, -0.15) is 0 Å². The molecule has 0 aromatic carbocycles. The van der Waals surface area contributed by atoms with E-state index < -0.39 is 12.0 Å². The number of carbonyl (C=O) groups is 3. The first kappa shape index (κ1) is 33.1. The van der Waals surface area contributed by atoms with E-state index in [4.69, 9.17) is 5.11 Å². The Balaban J connectivity index is 3.54. The minimum atomic E-state index is -0.680. The van der Waals surface area contributed by atoms with Gasteiger partial charge in [-0.15, -0.1) is 0 Å². The molecule has 0 saturated carbocycles. The predicted octanol–water partition coefficient (Wildman–Crippen LogP) is 7.80. The number of aliphatic hydroxyl groups is 1. The molecule has 0 aliphatic rings. The van der Waals surface area contributed by atoms with Crippen LogP contribution in [0.15, 0.2) is 11.8 Å². The summed E-state index contributed by atoms with van der Waals surface area (Å²) in [7, 11) is 0. The summed E-state index contributed by atoms with van der Waals surface area (Å²) in [4.78, 5) is 33.9. The molecule has 0 heterocycles. The van der Waals surface area contributed by atoms with Crippen molar-refractivity contribution in [2.45, 2.75) is 155 Å². The molecule has 1 amide bonds. The summed E-state index contributed by atoms with van der Waals surface area (Å²) in [6.45, 7) is 3.46. The molecule has 0 unspecified atom stereocenters. The third-order valence-electron chi connectivity index (χ3n) is 6.44. The van der Waals surface area contributed by atoms with Crippen LogP contribution in [-0.2, 0) is 14.4 Å². The van der Waals surface area contributed by atoms with E-state index in [9.17, 15) is 19.5 Å². The number of aliphatic carboxylic acids is 1. The van der Waals surface area contributed by atoms with Gasteiger partial charge in [-0.1, -0.05) is 96.8 Å². The van der Waals surface area contributed by atoms with Crippen LogP contribution in [0.4, 0.5) is 0 Å². The Labute approximate surface area is 214 Å². The van der Waals surface area contributed by atoms with E-state index in [2.05, 4.69) is 5.32 Å². The number of hydrogen-bond acceptors (Lipinski definition) is 4. The zero-order chi connectivity index (χ0) is 26.2. The molecule has 0 bridgehead atoms. The van der Waals surface area contributed by atoms with E-state index in [1.807, 2.05) is 6.92 Å². The molecule has 0 fully saturated rings. The summed E-state index contributed by atoms with van der Waals surface area (Å²) in [5.74, 6) is -0.508. The van der Waals surface area contributed by atoms with Crippen LogP contribution in [0, 0.1) is 0 Å². The van der Waals surface area contributed by atoms with Gasteiger partial charge in [-0.3, -0.25) is 9.59 Å². The number of rotatable bonds is 25. The molecule has 0 aromatic heterocycles. The number of Topliss-reactive ketones (excluding diaryl/α,β-unsaturated/α-hetero) is 1. The highest BCUT2D eigenvalue weighted by Crippen LogP contribution is 2.15. The summed E-state index contributed by atoms with van der Waals surface area (Å²) in [5.41, 5.74) is 0. The highest BCUT2D eigenvalue weighted by atomic mass is 16.4. The molecule has 6 heteroatoms. The monoisotopic (exact) mass is 495 g/mol. The van der Waals surface area contributed by atoms with E-state index in [1.54, 1.807) is 6.08 Å². The Kier molecular flexibility index (Phi) is 22.6. The lowest BCUT2D eigenvalue weighted by Gasteiger charge is -2.18. The Morgan fingerprint density at radius 3 is 1.43 bits per heavy atom. The van der Waals surface area contributed by atoms with E-state index >= 15 is 0 Å². The highest BCUT2D eigenvalue weighted by Gasteiger charge is 2.16. The molecule has 0 aliphatic heterocycles. The van der Waals surface area contributed by atoms with Gasteiger partial charge >= 0.3 is 5.97 Å². The van der Waals surface area contributed by atoms with Crippen molar-refractivity contribution >= 4 is 17.7 Å². The van der Waals surface area contributed by atoms with Crippen molar-refractivity contribution in [3.8, 4) is 0 Å². The van der Waals surface area contributed by atoms with Crippen LogP contribution < -0.4 is 5.32 Å². The number of carbonyl (C=O) groups excluding carboxylic acids is 2. The SMILES string of the molecule is CC/C=C(\O)[C@H](CCC(C)=O)NC(=O)CCCCCCCCCCCCCCCCCCC(=O)O. The van der Waals surface area contributed by atoms with Crippen LogP contribution in [0.3, 0.4) is 0 Å². The van der Waals surface area contributed by atoms with Crippen LogP contribution in [0.2, 0.25) is 0 Å². The average Bonchev–Trinajstić information content (AvgIpc) is 2.80. The van der Waals surface area contributed by atoms with Crippen molar-refractivity contribution in [2.24, 2.45) is 0 Å². The molecule has 0 aromatic rings. The molecule has 1 atom stereocenters. The maximum Gasteiger partial charge on any atom is 0.303 e. The number of amides is 1. The first-order valence-electron chi connectivity index (χ1n) is 14.3. The van der Waals surface area contributed by atoms with Gasteiger partial charge < -0.3 is 20.3 Å². The second-order valence-electron chi connectivity index (χ2n) is 9.95. The number of unbranched alkanes of at least 4 members (excludes halogenated alkanes) is 15. The topological polar surface area (TPSA) is 104 Å². The number of hydrogen-bond donors (Lipinski definition) is 3. The molecular weight excluding hydrogens is 442 g/mol. The van der Waals surface area contributed by atoms with Gasteiger partial charge in [0.1, 0.15) is 11.5 Å². The minimum Gasteiger partial charge on any atom is -0.510 e. The predicted molar refractivity (Wildman–Crippen MR) is 144 cm³/mol. The van der Waals surface area contributed by atoms with E-state index in [0.29, 0.717) is 32.1 Å². The van der Waals surface area contributed by atoms with Crippen molar-refractivity contribution in [3.63, 3.8) is 0 Å². The average molecular weight is 496 g/mol. The summed E-state index contributed by atoms with van der Waals surface area (Å²) in [6, 6.07) is -0.457. The Morgan fingerprint density at radius 1 is 0.657 bits per heavy atom. The van der Waals surface area contributed by atoms with Crippen LogP contribution in [-0.4, -0.2) is 33.9 Å². The van der Waals surface area contributed by atoms with Gasteiger partial charge in [0.15, 0.2) is 0 Å². The molecule has 3 N–H and O–H groups in total. The molecule has 0 radical (unpaired) electrons. The van der Waals surface area contributed by atoms with Gasteiger partial charge in [0.2, 0.25) is 5.91 Å². The van der Waals surface area contributed by atoms with E-state index in [-0.39, 0.29) is 17.4 Å². The van der Waals surface area contributed by atoms with Gasteiger partial charge in [0.05, 0.1) is 6.04 Å². The second kappa shape index (κ2) is 23.9. The molecule has 6 nitrogen and oxygen atoms in total. The molecule has 0 rings (SSSR count). The molecular formula is C29H53NO5. The van der Waals surface area contributed by atoms with Gasteiger partial charge in [-0.25, -0.2) is 0 Å². The maximum atomic E-state index is 12.2. The third kappa shape index (κ3) is 23.7. The second-order valence-corrected chi connectivity index (χ2v) is 9.95. The van der Waals surface area contributed by atoms with Crippen molar-refractivity contribution in [2.75, 3.05) is 0 Å². The normalized spacial score (nSPS) is 12.5. The summed E-state index contributed by atoms with van der Waals surface area (Å²) in [6.07, 6.45) is 23.0. The first-order valence-corrected chi connectivity index (χ1v) is 14.3. The fourth-order valence-corrected chi connectivity index (χ4v) is 4.30. The van der Waals surface area contributed by atoms with Gasteiger partial charge in [0, 0.05) is 19.3 Å². The lowest BCUT2D eigenvalue weighted by molar-refractivity contribution is -0.137. The number of carboxylic acids is 1. The van der Waals surface area contributed by atoms with E-state index in [1.165, 1.54) is 77.6 Å². The number of allylic oxidation sites excluding steroid dienone is 1. The summed E-state index contributed by atoms with van der Waals surface area (Å²) in [5, 5.41) is 21.6. The standard InChI is InChI=1S/C29H53NO5/c1-3-20-27(32)26(24-23-25(2)31)30-28(33)21-18-16-14-12-10-8-6-4-5-7-9-11-13-15-17-19-22-29(34)35/h20,26,32H,3-19,21-24H2,1-2H3,(H,30,33)(H,34,35)/b27-20-/t26-/m0/s1. The highest BCUT2D eigenvalue weighted by molar-refractivity contribution is 5.77. The van der Waals surface area contributed by atoms with Crippen molar-refractivity contribution in [3.05, 3.63) is 11.8 Å². The van der Waals surface area contributed by atoms with Crippen molar-refractivity contribution in [1.82, 2.24) is 5.32 Å². The number of carboxylic acid groups (broad SMARTS) is 1. The van der Waals surface area contributed by atoms with Crippen LogP contribution in [0.25, 0.3) is 0 Å². The van der Waals surface area contributed by atoms with Crippen LogP contribution >= 0.6 is 0 Å². The molecule has 0 spiro atoms. The Bertz CT molecular complexity index is 588. The largest absolute Gasteiger partial charge is 0.510 e. The first-order chi connectivity index (χ1) is 16.9. The molecule has 35 heavy (non-hydrogen) atoms. The number of nitrogens with one attached hydrogen (secondary N) is 1. The quantitative estimate of drug-likeness (QED) is 0.0885. The number of ketones is 1. The zero-order valence-electron chi connectivity index (χ0n) is 22.6. The lowest BCUT2D eigenvalue weighted by Crippen LogP contribution is -2.36. The van der Waals surface area contributed by atoms with Crippen LogP contribution in [0.5, 0.6) is 0 Å². The van der Waals surface area contributed by atoms with Gasteiger partial charge in [-0.05, 0) is 38.7 Å². The molecule has 0 aliphatic carbocycles. The van der Waals surface area contributed by atoms with Crippen molar-refractivity contribution in [1.29, 1.82) is 0 Å². The molecule has 204 valence electrons. The van der Waals surface area contributed by atoms with Crippen LogP contribution in [0.1, 0.15) is 149 Å². The third-order valence-corrected chi connectivity index (χ3v) is 6.44. The maximum absolute atomic E-state index is 12.2. The summed E-state index contributed by atoms with van der Waals surface area (Å²) < 4.78 is 0. The van der Waals surface area contributed by atoms with Gasteiger partial charge in [0.25, 0.3) is 0 Å². The smallest absolute Gasteiger partial charge is 0.303 e. The Morgan fingerprint density at radius 2 is 1.06 bits per heavy atom. The zero-order valence-corrected chi connectivity index (χ0v) is 22.6. The fraction of sp³-hybridized carbons (Fsp3) is 0.828. The van der Waals surface area contributed by atoms with E-state index in [0.717, 1.165) is 32.1 Å².